The molecule has 0 amide bonds. The van der Waals surface area contributed by atoms with Crippen LogP contribution in [0.1, 0.15) is 16.0 Å². The Morgan fingerprint density at radius 3 is 2.73 bits per heavy atom. The Kier molecular flexibility index (Phi) is 5.13. The maximum atomic E-state index is 6.25. The minimum Gasteiger partial charge on any atom is -0.328 e. The van der Waals surface area contributed by atoms with Crippen LogP contribution in [0, 0.1) is 6.92 Å². The maximum absolute atomic E-state index is 6.25. The smallest absolute Gasteiger partial charge is 0.104 e. The highest BCUT2D eigenvalue weighted by Gasteiger charge is 2.19. The van der Waals surface area contributed by atoms with Crippen LogP contribution in [0.25, 0.3) is 0 Å². The van der Waals surface area contributed by atoms with E-state index in [1.165, 1.54) is 16.0 Å². The molecular weight excluding hydrogens is 314 g/mol. The zero-order chi connectivity index (χ0) is 15.4. The van der Waals surface area contributed by atoms with E-state index in [9.17, 15) is 0 Å². The average Bonchev–Trinajstić information content (AvgIpc) is 2.94. The Balaban J connectivity index is 1.51. The number of hydrogen-bond acceptors (Lipinski definition) is 3. The summed E-state index contributed by atoms with van der Waals surface area (Å²) in [6, 6.07) is 10.3. The van der Waals surface area contributed by atoms with Crippen molar-refractivity contribution in [3.8, 4) is 0 Å². The molecule has 1 aromatic carbocycles. The predicted octanol–water partition coefficient (Wildman–Crippen LogP) is 2.44. The summed E-state index contributed by atoms with van der Waals surface area (Å²) >= 11 is 7.99. The van der Waals surface area contributed by atoms with Crippen molar-refractivity contribution in [3.05, 3.63) is 56.7 Å². The van der Waals surface area contributed by atoms with Gasteiger partial charge in [-0.25, -0.2) is 0 Å². The molecule has 0 radical (unpaired) electrons. The summed E-state index contributed by atoms with van der Waals surface area (Å²) < 4.78 is 0. The molecule has 0 atom stereocenters. The minimum atomic E-state index is 0.878. The van der Waals surface area contributed by atoms with Crippen LogP contribution in [0.2, 0.25) is 5.02 Å². The van der Waals surface area contributed by atoms with Crippen molar-refractivity contribution >= 4 is 29.2 Å². The van der Waals surface area contributed by atoms with Gasteiger partial charge in [-0.2, -0.15) is 5.10 Å². The van der Waals surface area contributed by atoms with E-state index >= 15 is 0 Å². The molecule has 0 bridgehead atoms. The number of hydrazone groups is 1. The normalized spacial score (nSPS) is 16.5. The molecule has 1 aromatic heterocycles. The summed E-state index contributed by atoms with van der Waals surface area (Å²) in [5.74, 6) is 0. The van der Waals surface area contributed by atoms with Crippen LogP contribution in [-0.2, 0) is 6.54 Å². The number of nitrogens with zero attached hydrogens (tertiary/aromatic N) is 2. The number of hydrogen-bond donors (Lipinski definition) is 1. The summed E-state index contributed by atoms with van der Waals surface area (Å²) in [5.41, 5.74) is 2.54. The molecule has 0 aliphatic carbocycles. The second-order valence-electron chi connectivity index (χ2n) is 5.68. The topological polar surface area (TPSA) is 20.0 Å². The number of benzene rings is 1. The number of aryl methyl sites for hydroxylation is 1. The summed E-state index contributed by atoms with van der Waals surface area (Å²) in [4.78, 5) is 2.83. The largest absolute Gasteiger partial charge is 0.328 e. The number of rotatable bonds is 4. The number of nitrogens with one attached hydrogen (secondary N) is 1. The lowest BCUT2D eigenvalue weighted by Gasteiger charge is -2.30. The van der Waals surface area contributed by atoms with Gasteiger partial charge in [-0.3, -0.25) is 5.01 Å². The van der Waals surface area contributed by atoms with E-state index in [-0.39, 0.29) is 0 Å². The molecule has 3 rings (SSSR count). The molecule has 1 saturated heterocycles. The molecule has 1 fully saturated rings. The molecule has 2 aromatic rings. The van der Waals surface area contributed by atoms with E-state index in [1.807, 2.05) is 18.3 Å². The van der Waals surface area contributed by atoms with Gasteiger partial charge in [0.05, 0.1) is 32.4 Å². The van der Waals surface area contributed by atoms with E-state index in [4.69, 9.17) is 11.6 Å². The number of quaternary nitrogens is 1. The lowest BCUT2D eigenvalue weighted by Crippen LogP contribution is -3.13. The van der Waals surface area contributed by atoms with Crippen molar-refractivity contribution in [1.82, 2.24) is 5.01 Å². The van der Waals surface area contributed by atoms with Crippen molar-refractivity contribution in [2.24, 2.45) is 5.10 Å². The van der Waals surface area contributed by atoms with Crippen molar-refractivity contribution < 1.29 is 4.90 Å². The van der Waals surface area contributed by atoms with E-state index in [0.717, 1.165) is 37.7 Å². The van der Waals surface area contributed by atoms with Gasteiger partial charge in [0.2, 0.25) is 0 Å². The van der Waals surface area contributed by atoms with Crippen molar-refractivity contribution in [1.29, 1.82) is 0 Å². The molecule has 1 N–H and O–H groups in total. The van der Waals surface area contributed by atoms with Gasteiger partial charge in [0.25, 0.3) is 0 Å². The highest BCUT2D eigenvalue weighted by Crippen LogP contribution is 2.14. The Morgan fingerprint density at radius 1 is 1.27 bits per heavy atom. The van der Waals surface area contributed by atoms with Crippen LogP contribution in [0.15, 0.2) is 40.8 Å². The summed E-state index contributed by atoms with van der Waals surface area (Å²) in [6.45, 7) is 7.34. The third kappa shape index (κ3) is 3.88. The predicted molar refractivity (Wildman–Crippen MR) is 94.1 cm³/mol. The van der Waals surface area contributed by atoms with Crippen molar-refractivity contribution in [2.45, 2.75) is 13.5 Å². The van der Waals surface area contributed by atoms with E-state index < -0.39 is 0 Å². The van der Waals surface area contributed by atoms with Gasteiger partial charge in [-0.1, -0.05) is 29.8 Å². The maximum Gasteiger partial charge on any atom is 0.104 e. The van der Waals surface area contributed by atoms with Crippen LogP contribution in [-0.4, -0.2) is 37.4 Å². The van der Waals surface area contributed by atoms with Crippen LogP contribution >= 0.6 is 22.9 Å². The van der Waals surface area contributed by atoms with Crippen molar-refractivity contribution in [3.63, 3.8) is 0 Å². The molecule has 1 aliphatic heterocycles. The van der Waals surface area contributed by atoms with Gasteiger partial charge in [0.15, 0.2) is 0 Å². The standard InChI is InChI=1S/C17H20ClN3S/c1-14-6-11-22-17(14)12-19-21-9-7-20(8-10-21)13-15-4-2-3-5-16(15)18/h2-6,11-12H,7-10,13H2,1H3/p+1/b19-12+. The van der Waals surface area contributed by atoms with E-state index in [0.29, 0.717) is 0 Å². The first-order chi connectivity index (χ1) is 10.7. The quantitative estimate of drug-likeness (QED) is 0.851. The fourth-order valence-corrected chi connectivity index (χ4v) is 3.65. The molecule has 0 unspecified atom stereocenters. The Hall–Kier alpha value is -1.36. The molecule has 116 valence electrons. The number of halogens is 1. The zero-order valence-corrected chi connectivity index (χ0v) is 14.3. The van der Waals surface area contributed by atoms with Gasteiger partial charge in [-0.05, 0) is 30.0 Å². The van der Waals surface area contributed by atoms with Gasteiger partial charge >= 0.3 is 0 Å². The Bertz CT molecular complexity index is 645. The van der Waals surface area contributed by atoms with Crippen LogP contribution in [0.3, 0.4) is 0 Å². The summed E-state index contributed by atoms with van der Waals surface area (Å²) in [6.07, 6.45) is 2.00. The first kappa shape index (κ1) is 15.5. The van der Waals surface area contributed by atoms with Gasteiger partial charge in [-0.15, -0.1) is 11.3 Å². The van der Waals surface area contributed by atoms with E-state index in [1.54, 1.807) is 16.2 Å². The average molecular weight is 335 g/mol. The molecule has 3 nitrogen and oxygen atoms in total. The molecule has 0 spiro atoms. The molecule has 2 heterocycles. The number of thiophene rings is 1. The lowest BCUT2D eigenvalue weighted by atomic mass is 10.2. The third-order valence-corrected chi connectivity index (χ3v) is 5.41. The minimum absolute atomic E-state index is 0.878. The lowest BCUT2D eigenvalue weighted by molar-refractivity contribution is -0.918. The van der Waals surface area contributed by atoms with Crippen LogP contribution in [0.5, 0.6) is 0 Å². The van der Waals surface area contributed by atoms with Crippen LogP contribution < -0.4 is 4.90 Å². The Labute approximate surface area is 140 Å². The third-order valence-electron chi connectivity index (χ3n) is 4.09. The Morgan fingerprint density at radius 2 is 2.05 bits per heavy atom. The second-order valence-corrected chi connectivity index (χ2v) is 7.04. The first-order valence-electron chi connectivity index (χ1n) is 7.62. The van der Waals surface area contributed by atoms with Crippen LogP contribution in [0.4, 0.5) is 0 Å². The van der Waals surface area contributed by atoms with Gasteiger partial charge in [0.1, 0.15) is 6.54 Å². The van der Waals surface area contributed by atoms with E-state index in [2.05, 4.69) is 40.6 Å². The monoisotopic (exact) mass is 334 g/mol. The summed E-state index contributed by atoms with van der Waals surface area (Å²) in [7, 11) is 0. The first-order valence-corrected chi connectivity index (χ1v) is 8.88. The van der Waals surface area contributed by atoms with Crippen molar-refractivity contribution in [2.75, 3.05) is 26.2 Å². The highest BCUT2D eigenvalue weighted by molar-refractivity contribution is 7.11. The summed E-state index contributed by atoms with van der Waals surface area (Å²) in [5, 5.41) is 9.79. The number of piperazine rings is 1. The molecule has 1 aliphatic rings. The molecule has 5 heteroatoms. The molecule has 22 heavy (non-hydrogen) atoms. The fraction of sp³-hybridized carbons (Fsp3) is 0.353. The molecular formula is C17H21ClN3S+. The van der Waals surface area contributed by atoms with Gasteiger partial charge < -0.3 is 4.90 Å². The van der Waals surface area contributed by atoms with Gasteiger partial charge in [0, 0.05) is 15.5 Å². The SMILES string of the molecule is Cc1ccsc1/C=N/N1CC[NH+](Cc2ccccc2Cl)CC1. The second kappa shape index (κ2) is 7.27. The zero-order valence-electron chi connectivity index (χ0n) is 12.8. The molecule has 0 saturated carbocycles. The fourth-order valence-electron chi connectivity index (χ4n) is 2.67. The highest BCUT2D eigenvalue weighted by atomic mass is 35.5.